The quantitative estimate of drug-likeness (QED) is 0.364. The van der Waals surface area contributed by atoms with E-state index in [0.717, 1.165) is 0 Å². The van der Waals surface area contributed by atoms with Gasteiger partial charge in [0.15, 0.2) is 22.0 Å². The van der Waals surface area contributed by atoms with Gasteiger partial charge in [-0.2, -0.15) is 19.4 Å². The summed E-state index contributed by atoms with van der Waals surface area (Å²) >= 11 is 0. The molecule has 1 fully saturated rings. The number of anilines is 2. The number of nitrogens with one attached hydrogen (secondary N) is 3. The van der Waals surface area contributed by atoms with E-state index in [1.54, 1.807) is 13.3 Å². The maximum absolute atomic E-state index is 12.8. The predicted molar refractivity (Wildman–Crippen MR) is 120 cm³/mol. The molecule has 0 spiro atoms. The fourth-order valence-corrected chi connectivity index (χ4v) is 5.26. The van der Waals surface area contributed by atoms with Crippen molar-refractivity contribution in [2.75, 3.05) is 23.7 Å². The Hall–Kier alpha value is -2.77. The second-order valence-electron chi connectivity index (χ2n) is 7.91. The number of aromatic amines is 1. The standard InChI is InChI=1S/C19H29N9O3S/c1-4-14(12(3)29)23-19-24-17(16-18(25-19)27(5-2)11-20-16)22-13-7-9-28(10-13)32(30,31)15-6-8-21-26-15/h6,8,11-14,29H,4-5,7,9-10H2,1-3H3,(H,21,26)(H2,22,23,24,25)/t12-,13+,14+/m1/s1. The Morgan fingerprint density at radius 2 is 2.16 bits per heavy atom. The number of H-pyrrole nitrogens is 1. The van der Waals surface area contributed by atoms with E-state index >= 15 is 0 Å². The highest BCUT2D eigenvalue weighted by Crippen LogP contribution is 2.26. The van der Waals surface area contributed by atoms with Gasteiger partial charge in [-0.05, 0) is 32.8 Å². The van der Waals surface area contributed by atoms with Crippen molar-refractivity contribution in [2.24, 2.45) is 0 Å². The van der Waals surface area contributed by atoms with Gasteiger partial charge in [-0.3, -0.25) is 5.10 Å². The summed E-state index contributed by atoms with van der Waals surface area (Å²) in [7, 11) is -3.62. The largest absolute Gasteiger partial charge is 0.391 e. The van der Waals surface area contributed by atoms with Gasteiger partial charge in [0.1, 0.15) is 0 Å². The molecule has 3 atom stereocenters. The van der Waals surface area contributed by atoms with Crippen LogP contribution in [-0.2, 0) is 16.6 Å². The molecule has 1 aliphatic heterocycles. The fraction of sp³-hybridized carbons (Fsp3) is 0.579. The maximum atomic E-state index is 12.8. The number of sulfonamides is 1. The zero-order valence-corrected chi connectivity index (χ0v) is 19.2. The summed E-state index contributed by atoms with van der Waals surface area (Å²) in [4.78, 5) is 13.7. The average molecular weight is 464 g/mol. The number of aryl methyl sites for hydroxylation is 1. The molecular weight excluding hydrogens is 434 g/mol. The highest BCUT2D eigenvalue weighted by atomic mass is 32.2. The second kappa shape index (κ2) is 9.00. The molecular formula is C19H29N9O3S. The topological polar surface area (TPSA) is 154 Å². The van der Waals surface area contributed by atoms with Crippen LogP contribution in [0.2, 0.25) is 0 Å². The Kier molecular flexibility index (Phi) is 6.31. The summed E-state index contributed by atoms with van der Waals surface area (Å²) in [6.45, 7) is 7.09. The van der Waals surface area contributed by atoms with Crippen molar-refractivity contribution in [3.05, 3.63) is 18.6 Å². The van der Waals surface area contributed by atoms with Crippen LogP contribution in [-0.4, -0.2) is 78.8 Å². The van der Waals surface area contributed by atoms with Crippen molar-refractivity contribution in [3.8, 4) is 0 Å². The molecule has 3 aromatic heterocycles. The molecule has 174 valence electrons. The van der Waals surface area contributed by atoms with E-state index in [0.29, 0.717) is 55.4 Å². The number of hydrogen-bond donors (Lipinski definition) is 4. The first-order valence-corrected chi connectivity index (χ1v) is 12.2. The van der Waals surface area contributed by atoms with Gasteiger partial charge < -0.3 is 20.3 Å². The first kappa shape index (κ1) is 22.4. The second-order valence-corrected chi connectivity index (χ2v) is 9.82. The molecule has 0 bridgehead atoms. The average Bonchev–Trinajstić information content (AvgIpc) is 3.52. The van der Waals surface area contributed by atoms with Crippen LogP contribution in [0.1, 0.15) is 33.6 Å². The highest BCUT2D eigenvalue weighted by Gasteiger charge is 2.34. The van der Waals surface area contributed by atoms with Crippen LogP contribution in [0.15, 0.2) is 23.6 Å². The fourth-order valence-electron chi connectivity index (χ4n) is 3.85. The molecule has 0 aromatic carbocycles. The lowest BCUT2D eigenvalue weighted by atomic mass is 10.1. The number of fused-ring (bicyclic) bond motifs is 1. The third kappa shape index (κ3) is 4.27. The molecule has 0 radical (unpaired) electrons. The molecule has 0 unspecified atom stereocenters. The Labute approximate surface area is 186 Å². The number of aromatic nitrogens is 6. The summed E-state index contributed by atoms with van der Waals surface area (Å²) in [6.07, 6.45) is 3.90. The number of imidazole rings is 1. The van der Waals surface area contributed by atoms with E-state index in [4.69, 9.17) is 0 Å². The molecule has 0 amide bonds. The summed E-state index contributed by atoms with van der Waals surface area (Å²) in [5.41, 5.74) is 1.30. The summed E-state index contributed by atoms with van der Waals surface area (Å²) < 4.78 is 28.9. The first-order valence-electron chi connectivity index (χ1n) is 10.8. The lowest BCUT2D eigenvalue weighted by Crippen LogP contribution is -2.33. The zero-order chi connectivity index (χ0) is 22.9. The van der Waals surface area contributed by atoms with Crippen LogP contribution in [0.5, 0.6) is 0 Å². The van der Waals surface area contributed by atoms with Crippen molar-refractivity contribution in [2.45, 2.75) is 63.4 Å². The van der Waals surface area contributed by atoms with Gasteiger partial charge >= 0.3 is 0 Å². The normalized spacial score (nSPS) is 19.3. The third-order valence-electron chi connectivity index (χ3n) is 5.73. The molecule has 0 saturated carbocycles. The molecule has 13 heteroatoms. The van der Waals surface area contributed by atoms with Crippen molar-refractivity contribution in [1.29, 1.82) is 0 Å². The van der Waals surface area contributed by atoms with E-state index in [1.807, 2.05) is 18.4 Å². The van der Waals surface area contributed by atoms with Crippen molar-refractivity contribution in [1.82, 2.24) is 34.0 Å². The SMILES string of the molecule is CC[C@H](Nc1nc(N[C@H]2CCN(S(=O)(=O)c3ccn[nH]3)C2)c2ncn(CC)c2n1)[C@@H](C)O. The minimum atomic E-state index is -3.62. The van der Waals surface area contributed by atoms with Crippen LogP contribution >= 0.6 is 0 Å². The van der Waals surface area contributed by atoms with Crippen molar-refractivity contribution >= 4 is 33.0 Å². The van der Waals surface area contributed by atoms with E-state index in [1.165, 1.54) is 16.6 Å². The van der Waals surface area contributed by atoms with E-state index in [2.05, 4.69) is 35.8 Å². The number of hydrogen-bond acceptors (Lipinski definition) is 9. The Morgan fingerprint density at radius 3 is 2.81 bits per heavy atom. The zero-order valence-electron chi connectivity index (χ0n) is 18.4. The number of rotatable bonds is 9. The summed E-state index contributed by atoms with van der Waals surface area (Å²) in [5.74, 6) is 0.929. The monoisotopic (exact) mass is 463 g/mol. The van der Waals surface area contributed by atoms with Crippen LogP contribution in [0.3, 0.4) is 0 Å². The van der Waals surface area contributed by atoms with Crippen LogP contribution < -0.4 is 10.6 Å². The highest BCUT2D eigenvalue weighted by molar-refractivity contribution is 7.89. The van der Waals surface area contributed by atoms with E-state index < -0.39 is 16.1 Å². The van der Waals surface area contributed by atoms with Gasteiger partial charge in [0.2, 0.25) is 5.95 Å². The molecule has 1 saturated heterocycles. The lowest BCUT2D eigenvalue weighted by Gasteiger charge is -2.21. The van der Waals surface area contributed by atoms with Crippen LogP contribution in [0, 0.1) is 0 Å². The Morgan fingerprint density at radius 1 is 1.34 bits per heavy atom. The van der Waals surface area contributed by atoms with Crippen LogP contribution in [0.25, 0.3) is 11.2 Å². The molecule has 4 N–H and O–H groups in total. The summed E-state index contributed by atoms with van der Waals surface area (Å²) in [5, 5.41) is 22.9. The molecule has 32 heavy (non-hydrogen) atoms. The van der Waals surface area contributed by atoms with Gasteiger partial charge in [-0.1, -0.05) is 6.92 Å². The predicted octanol–water partition coefficient (Wildman–Crippen LogP) is 1.02. The van der Waals surface area contributed by atoms with Crippen molar-refractivity contribution in [3.63, 3.8) is 0 Å². The molecule has 12 nitrogen and oxygen atoms in total. The van der Waals surface area contributed by atoms with Crippen LogP contribution in [0.4, 0.5) is 11.8 Å². The molecule has 1 aliphatic rings. The van der Waals surface area contributed by atoms with Gasteiger partial charge in [-0.15, -0.1) is 0 Å². The lowest BCUT2D eigenvalue weighted by molar-refractivity contribution is 0.169. The summed E-state index contributed by atoms with van der Waals surface area (Å²) in [6, 6.07) is 1.12. The molecule has 4 rings (SSSR count). The minimum absolute atomic E-state index is 0.0829. The Balaban J connectivity index is 1.59. The van der Waals surface area contributed by atoms with E-state index in [-0.39, 0.29) is 17.1 Å². The number of aliphatic hydroxyl groups excluding tert-OH is 1. The van der Waals surface area contributed by atoms with E-state index in [9.17, 15) is 13.5 Å². The smallest absolute Gasteiger partial charge is 0.260 e. The van der Waals surface area contributed by atoms with Gasteiger partial charge in [0.25, 0.3) is 10.0 Å². The number of aliphatic hydroxyl groups is 1. The molecule has 3 aromatic rings. The van der Waals surface area contributed by atoms with Gasteiger partial charge in [-0.25, -0.2) is 13.4 Å². The molecule has 4 heterocycles. The van der Waals surface area contributed by atoms with Crippen molar-refractivity contribution < 1.29 is 13.5 Å². The third-order valence-corrected chi connectivity index (χ3v) is 7.52. The van der Waals surface area contributed by atoms with Gasteiger partial charge in [0, 0.05) is 25.7 Å². The Bertz CT molecular complexity index is 1160. The minimum Gasteiger partial charge on any atom is -0.391 e. The molecule has 0 aliphatic carbocycles. The maximum Gasteiger partial charge on any atom is 0.260 e. The number of nitrogens with zero attached hydrogens (tertiary/aromatic N) is 6. The first-order chi connectivity index (χ1) is 15.3. The van der Waals surface area contributed by atoms with Gasteiger partial charge in [0.05, 0.1) is 24.7 Å².